The molecule has 2 N–H and O–H groups in total. The summed E-state index contributed by atoms with van der Waals surface area (Å²) in [4.78, 5) is 10.8. The zero-order valence-electron chi connectivity index (χ0n) is 7.10. The number of thioether (sulfide) groups is 1. The molecule has 0 radical (unpaired) electrons. The maximum atomic E-state index is 10.8. The van der Waals surface area contributed by atoms with Gasteiger partial charge in [0.1, 0.15) is 0 Å². The highest BCUT2D eigenvalue weighted by Gasteiger charge is 2.15. The second-order valence-electron chi connectivity index (χ2n) is 2.50. The molecule has 1 saturated heterocycles. The van der Waals surface area contributed by atoms with E-state index in [-0.39, 0.29) is 5.91 Å². The van der Waals surface area contributed by atoms with E-state index in [1.54, 1.807) is 12.3 Å². The number of nitrogens with zero attached hydrogens (tertiary/aromatic N) is 3. The van der Waals surface area contributed by atoms with Crippen molar-refractivity contribution >= 4 is 29.1 Å². The van der Waals surface area contributed by atoms with Crippen molar-refractivity contribution in [2.75, 3.05) is 5.75 Å². The molecular weight excluding hydrogens is 202 g/mol. The third kappa shape index (κ3) is 2.19. The minimum atomic E-state index is -0.0366. The Balaban J connectivity index is 1.96. The molecule has 1 aromatic heterocycles. The molecule has 0 saturated carbocycles. The van der Waals surface area contributed by atoms with Crippen LogP contribution in [0.1, 0.15) is 5.69 Å². The Morgan fingerprint density at radius 2 is 2.57 bits per heavy atom. The van der Waals surface area contributed by atoms with Crippen LogP contribution in [0.4, 0.5) is 0 Å². The summed E-state index contributed by atoms with van der Waals surface area (Å²) in [7, 11) is 0. The lowest BCUT2D eigenvalue weighted by Crippen LogP contribution is -2.19. The van der Waals surface area contributed by atoms with E-state index in [0.29, 0.717) is 10.9 Å². The standard InChI is InChI=1S/C7H7N5OS/c13-6-4-14-7(10-6)12-9-3-5-1-2-8-11-5/h1-3H,4H2,(H,8,11)(H,10,12,13)/b9-3-. The Kier molecular flexibility index (Phi) is 2.59. The van der Waals surface area contributed by atoms with Gasteiger partial charge < -0.3 is 5.32 Å². The fourth-order valence-corrected chi connectivity index (χ4v) is 1.49. The molecule has 7 heteroatoms. The first-order chi connectivity index (χ1) is 6.84. The van der Waals surface area contributed by atoms with Crippen LogP contribution in [0, 0.1) is 0 Å². The Hall–Kier alpha value is -1.63. The molecule has 1 fully saturated rings. The minimum Gasteiger partial charge on any atom is -0.303 e. The second-order valence-corrected chi connectivity index (χ2v) is 3.46. The number of aromatic nitrogens is 2. The molecular formula is C7H7N5OS. The summed E-state index contributed by atoms with van der Waals surface area (Å²) in [6.07, 6.45) is 3.16. The molecule has 2 rings (SSSR count). The molecule has 0 aromatic carbocycles. The molecule has 0 spiro atoms. The van der Waals surface area contributed by atoms with Gasteiger partial charge in [0.15, 0.2) is 5.17 Å². The largest absolute Gasteiger partial charge is 0.303 e. The normalized spacial score (nSPS) is 19.4. The van der Waals surface area contributed by atoms with Crippen LogP contribution in [-0.4, -0.2) is 33.2 Å². The molecule has 0 atom stereocenters. The fourth-order valence-electron chi connectivity index (χ4n) is 0.861. The molecule has 1 aliphatic rings. The molecule has 0 unspecified atom stereocenters. The van der Waals surface area contributed by atoms with Crippen molar-refractivity contribution in [1.29, 1.82) is 0 Å². The van der Waals surface area contributed by atoms with Gasteiger partial charge in [0.05, 0.1) is 17.7 Å². The van der Waals surface area contributed by atoms with Crippen LogP contribution < -0.4 is 5.32 Å². The Bertz CT molecular complexity index is 383. The average Bonchev–Trinajstić information content (AvgIpc) is 2.77. The van der Waals surface area contributed by atoms with E-state index < -0.39 is 0 Å². The third-order valence-corrected chi connectivity index (χ3v) is 2.32. The van der Waals surface area contributed by atoms with Crippen LogP contribution >= 0.6 is 11.8 Å². The third-order valence-electron chi connectivity index (χ3n) is 1.45. The van der Waals surface area contributed by atoms with Gasteiger partial charge >= 0.3 is 0 Å². The van der Waals surface area contributed by atoms with Crippen molar-refractivity contribution in [2.24, 2.45) is 10.2 Å². The molecule has 0 aliphatic carbocycles. The Labute approximate surface area is 83.9 Å². The van der Waals surface area contributed by atoms with E-state index in [1.165, 1.54) is 18.0 Å². The van der Waals surface area contributed by atoms with Crippen LogP contribution in [-0.2, 0) is 4.79 Å². The predicted molar refractivity (Wildman–Crippen MR) is 54.2 cm³/mol. The number of amides is 1. The first-order valence-electron chi connectivity index (χ1n) is 3.87. The molecule has 1 aliphatic heterocycles. The van der Waals surface area contributed by atoms with Gasteiger partial charge in [-0.05, 0) is 6.07 Å². The summed E-state index contributed by atoms with van der Waals surface area (Å²) in [5.74, 6) is 0.379. The SMILES string of the molecule is O=C1CSC(=N/N=C\c2ccn[nH]2)N1. The smallest absolute Gasteiger partial charge is 0.236 e. The van der Waals surface area contributed by atoms with E-state index in [9.17, 15) is 4.79 Å². The predicted octanol–water partition coefficient (Wildman–Crippen LogP) is -0.0374. The van der Waals surface area contributed by atoms with Gasteiger partial charge in [0.25, 0.3) is 0 Å². The van der Waals surface area contributed by atoms with Crippen molar-refractivity contribution < 1.29 is 4.79 Å². The summed E-state index contributed by atoms with van der Waals surface area (Å²) in [6, 6.07) is 1.77. The number of carbonyl (C=O) groups is 1. The van der Waals surface area contributed by atoms with Gasteiger partial charge in [0.2, 0.25) is 5.91 Å². The first kappa shape index (κ1) is 8.95. The summed E-state index contributed by atoms with van der Waals surface area (Å²) in [6.45, 7) is 0. The van der Waals surface area contributed by atoms with E-state index in [2.05, 4.69) is 25.7 Å². The number of aromatic amines is 1. The Morgan fingerprint density at radius 3 is 3.21 bits per heavy atom. The number of rotatable bonds is 2. The Morgan fingerprint density at radius 1 is 1.64 bits per heavy atom. The van der Waals surface area contributed by atoms with Gasteiger partial charge in [-0.3, -0.25) is 9.89 Å². The van der Waals surface area contributed by atoms with Crippen LogP contribution in [0.5, 0.6) is 0 Å². The molecule has 72 valence electrons. The van der Waals surface area contributed by atoms with Crippen molar-refractivity contribution in [3.8, 4) is 0 Å². The molecule has 1 amide bonds. The zero-order valence-corrected chi connectivity index (χ0v) is 7.91. The van der Waals surface area contributed by atoms with Crippen LogP contribution in [0.25, 0.3) is 0 Å². The number of nitrogens with one attached hydrogen (secondary N) is 2. The maximum absolute atomic E-state index is 10.8. The summed E-state index contributed by atoms with van der Waals surface area (Å²) >= 11 is 1.34. The minimum absolute atomic E-state index is 0.0366. The zero-order chi connectivity index (χ0) is 9.80. The lowest BCUT2D eigenvalue weighted by Gasteiger charge is -1.88. The lowest BCUT2D eigenvalue weighted by molar-refractivity contribution is -0.116. The molecule has 1 aromatic rings. The average molecular weight is 209 g/mol. The number of hydrogen-bond acceptors (Lipinski definition) is 5. The van der Waals surface area contributed by atoms with E-state index in [4.69, 9.17) is 0 Å². The number of carbonyl (C=O) groups excluding carboxylic acids is 1. The fraction of sp³-hybridized carbons (Fsp3) is 0.143. The molecule has 6 nitrogen and oxygen atoms in total. The van der Waals surface area contributed by atoms with Crippen LogP contribution in [0.3, 0.4) is 0 Å². The monoisotopic (exact) mass is 209 g/mol. The van der Waals surface area contributed by atoms with Crippen LogP contribution in [0.2, 0.25) is 0 Å². The molecule has 2 heterocycles. The summed E-state index contributed by atoms with van der Waals surface area (Å²) in [5, 5.41) is 17.2. The number of H-pyrrole nitrogens is 1. The van der Waals surface area contributed by atoms with Crippen molar-refractivity contribution in [3.05, 3.63) is 18.0 Å². The van der Waals surface area contributed by atoms with Gasteiger partial charge in [-0.15, -0.1) is 5.10 Å². The van der Waals surface area contributed by atoms with Crippen molar-refractivity contribution in [1.82, 2.24) is 15.5 Å². The van der Waals surface area contributed by atoms with Crippen molar-refractivity contribution in [2.45, 2.75) is 0 Å². The topological polar surface area (TPSA) is 82.5 Å². The van der Waals surface area contributed by atoms with Gasteiger partial charge in [-0.2, -0.15) is 10.2 Å². The van der Waals surface area contributed by atoms with Gasteiger partial charge in [0, 0.05) is 6.20 Å². The summed E-state index contributed by atoms with van der Waals surface area (Å²) in [5.41, 5.74) is 0.767. The number of hydrogen-bond donors (Lipinski definition) is 2. The van der Waals surface area contributed by atoms with Crippen molar-refractivity contribution in [3.63, 3.8) is 0 Å². The van der Waals surface area contributed by atoms with E-state index >= 15 is 0 Å². The van der Waals surface area contributed by atoms with Gasteiger partial charge in [-0.1, -0.05) is 11.8 Å². The first-order valence-corrected chi connectivity index (χ1v) is 4.86. The molecule has 0 bridgehead atoms. The maximum Gasteiger partial charge on any atom is 0.236 e. The highest BCUT2D eigenvalue weighted by atomic mass is 32.2. The highest BCUT2D eigenvalue weighted by Crippen LogP contribution is 2.08. The molecule has 14 heavy (non-hydrogen) atoms. The lowest BCUT2D eigenvalue weighted by atomic mass is 10.5. The van der Waals surface area contributed by atoms with Crippen LogP contribution in [0.15, 0.2) is 22.5 Å². The van der Waals surface area contributed by atoms with Gasteiger partial charge in [-0.25, -0.2) is 0 Å². The quantitative estimate of drug-likeness (QED) is 0.529. The summed E-state index contributed by atoms with van der Waals surface area (Å²) < 4.78 is 0. The highest BCUT2D eigenvalue weighted by molar-refractivity contribution is 8.15. The van der Waals surface area contributed by atoms with E-state index in [0.717, 1.165) is 5.69 Å². The number of amidine groups is 1. The second kappa shape index (κ2) is 4.05. The van der Waals surface area contributed by atoms with E-state index in [1.807, 2.05) is 0 Å².